The summed E-state index contributed by atoms with van der Waals surface area (Å²) < 4.78 is 15.8. The van der Waals surface area contributed by atoms with E-state index in [1.54, 1.807) is 0 Å². The van der Waals surface area contributed by atoms with Gasteiger partial charge in [-0.3, -0.25) is 4.99 Å². The van der Waals surface area contributed by atoms with Crippen LogP contribution in [0.2, 0.25) is 0 Å². The zero-order chi connectivity index (χ0) is 33.0. The average Bonchev–Trinajstić information content (AvgIpc) is 3.61. The van der Waals surface area contributed by atoms with E-state index in [1.807, 2.05) is 39.8 Å². The molecule has 5 nitrogen and oxygen atoms in total. The van der Waals surface area contributed by atoms with Gasteiger partial charge in [0.15, 0.2) is 0 Å². The van der Waals surface area contributed by atoms with Gasteiger partial charge in [-0.15, -0.1) is 0 Å². The van der Waals surface area contributed by atoms with Crippen molar-refractivity contribution < 1.29 is 9.47 Å². The van der Waals surface area contributed by atoms with Gasteiger partial charge in [0, 0.05) is 10.9 Å². The Morgan fingerprint density at radius 3 is 1.64 bits per heavy atom. The van der Waals surface area contributed by atoms with Gasteiger partial charge in [-0.05, 0) is 125 Å². The topological polar surface area (TPSA) is 48.6 Å². The second kappa shape index (κ2) is 14.6. The smallest absolute Gasteiger partial charge is 0.138 e. The molecule has 0 spiro atoms. The second-order valence-electron chi connectivity index (χ2n) is 11.9. The molecule has 0 amide bonds. The van der Waals surface area contributed by atoms with Crippen molar-refractivity contribution >= 4 is 59.8 Å². The van der Waals surface area contributed by atoms with Gasteiger partial charge in [-0.25, -0.2) is 4.68 Å². The predicted octanol–water partition coefficient (Wildman–Crippen LogP) is 10.4. The van der Waals surface area contributed by atoms with Crippen LogP contribution in [0.4, 0.5) is 0 Å². The number of hydrogen-bond donors (Lipinski definition) is 0. The van der Waals surface area contributed by atoms with Crippen LogP contribution >= 0.6 is 45.2 Å². The highest BCUT2D eigenvalue weighted by atomic mass is 127. The molecule has 1 aromatic heterocycles. The van der Waals surface area contributed by atoms with Gasteiger partial charge >= 0.3 is 0 Å². The molecular weight excluding hydrogens is 808 g/mol. The van der Waals surface area contributed by atoms with E-state index in [-0.39, 0.29) is 12.2 Å². The van der Waals surface area contributed by atoms with Crippen molar-refractivity contribution in [3.05, 3.63) is 159 Å². The number of benzene rings is 5. The highest BCUT2D eigenvalue weighted by Crippen LogP contribution is 2.43. The van der Waals surface area contributed by atoms with E-state index in [2.05, 4.69) is 170 Å². The summed E-state index contributed by atoms with van der Waals surface area (Å²) in [4.78, 5) is 4.37. The van der Waals surface area contributed by atoms with Crippen molar-refractivity contribution in [1.82, 2.24) is 9.78 Å². The van der Waals surface area contributed by atoms with Gasteiger partial charge in [-0.1, -0.05) is 97.1 Å². The Bertz CT molecular complexity index is 1890. The third-order valence-electron chi connectivity index (χ3n) is 7.93. The summed E-state index contributed by atoms with van der Waals surface area (Å²) in [6.45, 7) is 8.97. The van der Waals surface area contributed by atoms with E-state index in [0.717, 1.165) is 53.1 Å². The van der Waals surface area contributed by atoms with Crippen LogP contribution in [0.3, 0.4) is 0 Å². The highest BCUT2D eigenvalue weighted by Gasteiger charge is 2.40. The predicted molar refractivity (Wildman–Crippen MR) is 209 cm³/mol. The zero-order valence-corrected chi connectivity index (χ0v) is 31.2. The Labute approximate surface area is 304 Å². The fourth-order valence-corrected chi connectivity index (χ4v) is 7.36. The standard InChI is InChI=1S/C29H25IN2O.C11H12INO/c1-21(2)33-25-18-19-27-26(20-25)28(30)31-32(27)29(22-12-6-3-7-13-22,23-14-8-4-9-15-23)24-16-10-5-11-17-24;1-7(2)14-9-4-3-8-6-13-11(12)10(8)5-9/h3-21H,1-2H3;3-5,7H,6H2,1-2H3. The quantitative estimate of drug-likeness (QED) is 0.113. The summed E-state index contributed by atoms with van der Waals surface area (Å²) in [5, 5.41) is 6.24. The van der Waals surface area contributed by atoms with E-state index >= 15 is 0 Å². The first kappa shape index (κ1) is 33.2. The summed E-state index contributed by atoms with van der Waals surface area (Å²) in [6, 6.07) is 44.4. The van der Waals surface area contributed by atoms with Crippen LogP contribution in [0, 0.1) is 3.70 Å². The molecule has 6 aromatic rings. The van der Waals surface area contributed by atoms with Crippen LogP contribution in [0.25, 0.3) is 10.9 Å². The number of rotatable bonds is 8. The molecule has 1 aliphatic rings. The monoisotopic (exact) mass is 845 g/mol. The molecule has 7 rings (SSSR count). The second-order valence-corrected chi connectivity index (χ2v) is 14.0. The van der Waals surface area contributed by atoms with Crippen molar-refractivity contribution in [2.75, 3.05) is 0 Å². The third-order valence-corrected chi connectivity index (χ3v) is 9.65. The molecule has 0 bridgehead atoms. The minimum absolute atomic E-state index is 0.118. The van der Waals surface area contributed by atoms with Crippen molar-refractivity contribution in [2.24, 2.45) is 4.99 Å². The van der Waals surface area contributed by atoms with E-state index in [9.17, 15) is 0 Å². The van der Waals surface area contributed by atoms with Gasteiger partial charge in [0.2, 0.25) is 0 Å². The molecule has 0 N–H and O–H groups in total. The summed E-state index contributed by atoms with van der Waals surface area (Å²) >= 11 is 4.61. The molecule has 0 atom stereocenters. The molecule has 0 saturated carbocycles. The first-order valence-electron chi connectivity index (χ1n) is 15.8. The Hall–Kier alpha value is -3.70. The summed E-state index contributed by atoms with van der Waals surface area (Å²) in [5.74, 6) is 1.80. The lowest BCUT2D eigenvalue weighted by Gasteiger charge is -2.37. The highest BCUT2D eigenvalue weighted by molar-refractivity contribution is 14.1. The molecule has 5 aromatic carbocycles. The van der Waals surface area contributed by atoms with Crippen molar-refractivity contribution in [1.29, 1.82) is 0 Å². The van der Waals surface area contributed by atoms with Crippen LogP contribution in [0.5, 0.6) is 11.5 Å². The van der Waals surface area contributed by atoms with Crippen LogP contribution in [0.1, 0.15) is 55.5 Å². The minimum Gasteiger partial charge on any atom is -0.491 e. The molecule has 238 valence electrons. The summed E-state index contributed by atoms with van der Waals surface area (Å²) in [5.41, 5.74) is 6.43. The van der Waals surface area contributed by atoms with Gasteiger partial charge in [-0.2, -0.15) is 5.10 Å². The maximum absolute atomic E-state index is 5.99. The molecule has 0 fully saturated rings. The molecule has 0 radical (unpaired) electrons. The lowest BCUT2D eigenvalue weighted by atomic mass is 9.77. The number of aromatic nitrogens is 2. The number of halogens is 2. The SMILES string of the molecule is CC(C)Oc1ccc2c(c1)C(I)=NC2.CC(C)Oc1ccc2c(c1)c(I)nn2C(c1ccccc1)(c1ccccc1)c1ccccc1. The Morgan fingerprint density at radius 1 is 0.638 bits per heavy atom. The van der Waals surface area contributed by atoms with Crippen molar-refractivity contribution in [2.45, 2.75) is 52.0 Å². The maximum atomic E-state index is 5.99. The number of fused-ring (bicyclic) bond motifs is 2. The molecule has 47 heavy (non-hydrogen) atoms. The number of ether oxygens (including phenoxy) is 2. The fourth-order valence-electron chi connectivity index (χ4n) is 6.04. The number of aliphatic imine (C=N–C) groups is 1. The van der Waals surface area contributed by atoms with Crippen LogP contribution in [0.15, 0.2) is 132 Å². The summed E-state index contributed by atoms with van der Waals surface area (Å²) in [7, 11) is 0. The molecule has 0 aliphatic carbocycles. The van der Waals surface area contributed by atoms with Gasteiger partial charge in [0.1, 0.15) is 24.5 Å². The van der Waals surface area contributed by atoms with Gasteiger partial charge < -0.3 is 9.47 Å². The number of hydrogen-bond acceptors (Lipinski definition) is 4. The van der Waals surface area contributed by atoms with E-state index in [1.165, 1.54) is 11.1 Å². The van der Waals surface area contributed by atoms with Crippen molar-refractivity contribution in [3.63, 3.8) is 0 Å². The Balaban J connectivity index is 0.000000230. The van der Waals surface area contributed by atoms with E-state index in [0.29, 0.717) is 0 Å². The largest absolute Gasteiger partial charge is 0.491 e. The lowest BCUT2D eigenvalue weighted by molar-refractivity contribution is 0.242. The minimum atomic E-state index is -0.633. The first-order valence-corrected chi connectivity index (χ1v) is 17.9. The fraction of sp³-hybridized carbons (Fsp3) is 0.200. The van der Waals surface area contributed by atoms with Crippen LogP contribution < -0.4 is 9.47 Å². The van der Waals surface area contributed by atoms with Gasteiger partial charge in [0.05, 0.1) is 24.3 Å². The molecular formula is C40H37I2N3O2. The number of nitrogens with zero attached hydrogens (tertiary/aromatic N) is 3. The summed E-state index contributed by atoms with van der Waals surface area (Å²) in [6.07, 6.45) is 0.344. The zero-order valence-electron chi connectivity index (χ0n) is 26.9. The first-order chi connectivity index (χ1) is 22.8. The molecule has 2 heterocycles. The van der Waals surface area contributed by atoms with E-state index in [4.69, 9.17) is 14.6 Å². The van der Waals surface area contributed by atoms with Gasteiger partial charge in [0.25, 0.3) is 0 Å². The lowest BCUT2D eigenvalue weighted by Crippen LogP contribution is -2.38. The maximum Gasteiger partial charge on any atom is 0.138 e. The Kier molecular flexibility index (Phi) is 10.3. The van der Waals surface area contributed by atoms with E-state index < -0.39 is 5.54 Å². The van der Waals surface area contributed by atoms with Crippen LogP contribution in [-0.4, -0.2) is 25.7 Å². The van der Waals surface area contributed by atoms with Crippen molar-refractivity contribution in [3.8, 4) is 11.5 Å². The Morgan fingerprint density at radius 2 is 1.13 bits per heavy atom. The molecule has 1 aliphatic heterocycles. The normalized spacial score (nSPS) is 12.5. The van der Waals surface area contributed by atoms with Crippen LogP contribution in [-0.2, 0) is 12.1 Å². The third kappa shape index (κ3) is 6.97. The average molecular weight is 846 g/mol. The molecule has 0 saturated heterocycles. The molecule has 7 heteroatoms. The molecule has 0 unspecified atom stereocenters.